The summed E-state index contributed by atoms with van der Waals surface area (Å²) in [4.78, 5) is 19.8. The fraction of sp³-hybridized carbons (Fsp3) is 0.429. The summed E-state index contributed by atoms with van der Waals surface area (Å²) in [6.45, 7) is 0.577. The predicted octanol–water partition coefficient (Wildman–Crippen LogP) is 2.07. The SMILES string of the molecule is COC(=O)c1ccc(CN=C(N(C)C)N(C)C)cc1.I. The van der Waals surface area contributed by atoms with Crippen molar-refractivity contribution >= 4 is 35.9 Å². The van der Waals surface area contributed by atoms with Gasteiger partial charge in [-0.3, -0.25) is 0 Å². The lowest BCUT2D eigenvalue weighted by atomic mass is 10.1. The highest BCUT2D eigenvalue weighted by Crippen LogP contribution is 2.07. The number of hydrogen-bond donors (Lipinski definition) is 0. The molecule has 1 aromatic rings. The maximum absolute atomic E-state index is 11.3. The summed E-state index contributed by atoms with van der Waals surface area (Å²) < 4.78 is 4.66. The van der Waals surface area contributed by atoms with Crippen LogP contribution in [-0.2, 0) is 11.3 Å². The quantitative estimate of drug-likeness (QED) is 0.343. The van der Waals surface area contributed by atoms with E-state index in [-0.39, 0.29) is 29.9 Å². The van der Waals surface area contributed by atoms with Crippen molar-refractivity contribution in [2.24, 2.45) is 4.99 Å². The molecule has 0 atom stereocenters. The molecule has 0 amide bonds. The first-order valence-corrected chi connectivity index (χ1v) is 6.02. The average molecular weight is 391 g/mol. The van der Waals surface area contributed by atoms with E-state index in [1.807, 2.05) is 50.1 Å². The molecule has 0 N–H and O–H groups in total. The Morgan fingerprint density at radius 2 is 1.60 bits per heavy atom. The molecule has 6 heteroatoms. The van der Waals surface area contributed by atoms with Crippen LogP contribution >= 0.6 is 24.0 Å². The number of esters is 1. The molecule has 0 spiro atoms. The zero-order valence-electron chi connectivity index (χ0n) is 12.6. The minimum absolute atomic E-state index is 0. The standard InChI is InChI=1S/C14H21N3O2.HI/c1-16(2)14(17(3)4)15-10-11-6-8-12(9-7-11)13(18)19-5;/h6-9H,10H2,1-5H3;1H. The number of methoxy groups -OCH3 is 1. The largest absolute Gasteiger partial charge is 0.465 e. The van der Waals surface area contributed by atoms with E-state index < -0.39 is 0 Å². The van der Waals surface area contributed by atoms with Crippen LogP contribution in [0, 0.1) is 0 Å². The monoisotopic (exact) mass is 391 g/mol. The number of guanidine groups is 1. The van der Waals surface area contributed by atoms with Gasteiger partial charge in [-0.05, 0) is 17.7 Å². The third kappa shape index (κ3) is 5.36. The number of carbonyl (C=O) groups excluding carboxylic acids is 1. The second kappa shape index (κ2) is 8.78. The van der Waals surface area contributed by atoms with Gasteiger partial charge in [0.1, 0.15) is 0 Å². The summed E-state index contributed by atoms with van der Waals surface area (Å²) >= 11 is 0. The zero-order chi connectivity index (χ0) is 14.4. The summed E-state index contributed by atoms with van der Waals surface area (Å²) in [6, 6.07) is 7.28. The van der Waals surface area contributed by atoms with Crippen LogP contribution in [0.5, 0.6) is 0 Å². The molecule has 0 heterocycles. The van der Waals surface area contributed by atoms with Crippen LogP contribution in [-0.4, -0.2) is 57.0 Å². The topological polar surface area (TPSA) is 45.1 Å². The Labute approximate surface area is 137 Å². The molecule has 0 aliphatic carbocycles. The van der Waals surface area contributed by atoms with Gasteiger partial charge in [0, 0.05) is 28.2 Å². The fourth-order valence-corrected chi connectivity index (χ4v) is 1.71. The molecule has 0 fully saturated rings. The van der Waals surface area contributed by atoms with Crippen molar-refractivity contribution in [3.63, 3.8) is 0 Å². The average Bonchev–Trinajstić information content (AvgIpc) is 2.38. The first kappa shape index (κ1) is 18.7. The van der Waals surface area contributed by atoms with Gasteiger partial charge in [0.2, 0.25) is 0 Å². The summed E-state index contributed by atoms with van der Waals surface area (Å²) in [5.74, 6) is 0.578. The Balaban J connectivity index is 0.00000361. The number of benzene rings is 1. The number of carbonyl (C=O) groups is 1. The van der Waals surface area contributed by atoms with Gasteiger partial charge in [-0.15, -0.1) is 24.0 Å². The molecular formula is C14H22IN3O2. The molecule has 0 aromatic heterocycles. The van der Waals surface area contributed by atoms with Crippen LogP contribution in [0.15, 0.2) is 29.3 Å². The normalized spacial score (nSPS) is 9.25. The van der Waals surface area contributed by atoms with Crippen LogP contribution < -0.4 is 0 Å². The maximum Gasteiger partial charge on any atom is 0.337 e. The Morgan fingerprint density at radius 3 is 2.00 bits per heavy atom. The second-order valence-electron chi connectivity index (χ2n) is 4.59. The Morgan fingerprint density at radius 1 is 1.10 bits per heavy atom. The lowest BCUT2D eigenvalue weighted by molar-refractivity contribution is 0.0600. The van der Waals surface area contributed by atoms with Gasteiger partial charge < -0.3 is 14.5 Å². The minimum Gasteiger partial charge on any atom is -0.465 e. The first-order chi connectivity index (χ1) is 8.95. The third-order valence-corrected chi connectivity index (χ3v) is 2.58. The van der Waals surface area contributed by atoms with Gasteiger partial charge in [0.05, 0.1) is 19.2 Å². The van der Waals surface area contributed by atoms with Crippen molar-refractivity contribution in [3.8, 4) is 0 Å². The van der Waals surface area contributed by atoms with Gasteiger partial charge >= 0.3 is 5.97 Å². The van der Waals surface area contributed by atoms with E-state index in [1.165, 1.54) is 7.11 Å². The molecule has 0 aliphatic heterocycles. The van der Waals surface area contributed by atoms with E-state index in [9.17, 15) is 4.79 Å². The van der Waals surface area contributed by atoms with Gasteiger partial charge in [-0.25, -0.2) is 9.79 Å². The molecule has 0 saturated heterocycles. The molecule has 0 unspecified atom stereocenters. The Bertz CT molecular complexity index is 446. The van der Waals surface area contributed by atoms with E-state index in [1.54, 1.807) is 12.1 Å². The molecule has 0 bridgehead atoms. The molecule has 1 aromatic carbocycles. The predicted molar refractivity (Wildman–Crippen MR) is 91.7 cm³/mol. The summed E-state index contributed by atoms with van der Waals surface area (Å²) in [5, 5.41) is 0. The number of aliphatic imine (C=N–C) groups is 1. The highest BCUT2D eigenvalue weighted by Gasteiger charge is 2.06. The molecule has 1 rings (SSSR count). The van der Waals surface area contributed by atoms with E-state index in [2.05, 4.69) is 9.73 Å². The van der Waals surface area contributed by atoms with Crippen LogP contribution in [0.2, 0.25) is 0 Å². The van der Waals surface area contributed by atoms with Gasteiger partial charge in [-0.1, -0.05) is 12.1 Å². The van der Waals surface area contributed by atoms with Crippen molar-refractivity contribution in [1.82, 2.24) is 9.80 Å². The summed E-state index contributed by atoms with van der Waals surface area (Å²) in [5.41, 5.74) is 1.60. The fourth-order valence-electron chi connectivity index (χ4n) is 1.71. The van der Waals surface area contributed by atoms with Gasteiger partial charge in [0.15, 0.2) is 5.96 Å². The highest BCUT2D eigenvalue weighted by molar-refractivity contribution is 14.0. The molecular weight excluding hydrogens is 369 g/mol. The number of halogens is 1. The number of ether oxygens (including phenoxy) is 1. The first-order valence-electron chi connectivity index (χ1n) is 6.02. The van der Waals surface area contributed by atoms with E-state index in [0.717, 1.165) is 11.5 Å². The van der Waals surface area contributed by atoms with Gasteiger partial charge in [0.25, 0.3) is 0 Å². The lowest BCUT2D eigenvalue weighted by Crippen LogP contribution is -2.35. The molecule has 5 nitrogen and oxygen atoms in total. The van der Waals surface area contributed by atoms with E-state index in [0.29, 0.717) is 12.1 Å². The van der Waals surface area contributed by atoms with Crippen molar-refractivity contribution in [3.05, 3.63) is 35.4 Å². The van der Waals surface area contributed by atoms with Crippen LogP contribution in [0.1, 0.15) is 15.9 Å². The number of nitrogens with zero attached hydrogens (tertiary/aromatic N) is 3. The molecule has 0 saturated carbocycles. The molecule has 20 heavy (non-hydrogen) atoms. The van der Waals surface area contributed by atoms with Crippen molar-refractivity contribution in [1.29, 1.82) is 0 Å². The van der Waals surface area contributed by atoms with Crippen LogP contribution in [0.25, 0.3) is 0 Å². The van der Waals surface area contributed by atoms with E-state index >= 15 is 0 Å². The smallest absolute Gasteiger partial charge is 0.337 e. The number of hydrogen-bond acceptors (Lipinski definition) is 3. The lowest BCUT2D eigenvalue weighted by Gasteiger charge is -2.22. The Hall–Kier alpha value is -1.31. The van der Waals surface area contributed by atoms with Crippen molar-refractivity contribution in [2.75, 3.05) is 35.3 Å². The summed E-state index contributed by atoms with van der Waals surface area (Å²) in [6.07, 6.45) is 0. The van der Waals surface area contributed by atoms with Crippen molar-refractivity contribution < 1.29 is 9.53 Å². The highest BCUT2D eigenvalue weighted by atomic mass is 127. The van der Waals surface area contributed by atoms with Crippen LogP contribution in [0.4, 0.5) is 0 Å². The molecule has 0 radical (unpaired) electrons. The van der Waals surface area contributed by atoms with Crippen LogP contribution in [0.3, 0.4) is 0 Å². The minimum atomic E-state index is -0.322. The molecule has 0 aliphatic rings. The third-order valence-electron chi connectivity index (χ3n) is 2.58. The van der Waals surface area contributed by atoms with E-state index in [4.69, 9.17) is 0 Å². The maximum atomic E-state index is 11.3. The second-order valence-corrected chi connectivity index (χ2v) is 4.59. The van der Waals surface area contributed by atoms with Gasteiger partial charge in [-0.2, -0.15) is 0 Å². The molecule has 112 valence electrons. The van der Waals surface area contributed by atoms with Crippen molar-refractivity contribution in [2.45, 2.75) is 6.54 Å². The summed E-state index contributed by atoms with van der Waals surface area (Å²) in [7, 11) is 9.21. The zero-order valence-corrected chi connectivity index (χ0v) is 14.9. The number of rotatable bonds is 3. The Kier molecular flexibility index (Phi) is 8.21.